The molecule has 0 unspecified atom stereocenters. The van der Waals surface area contributed by atoms with Crippen molar-refractivity contribution in [1.29, 1.82) is 0 Å². The molecule has 146 valence electrons. The normalized spacial score (nSPS) is 15.7. The largest absolute Gasteiger partial charge is 4.00 e. The number of hydrogen-bond acceptors (Lipinski definition) is 0. The van der Waals surface area contributed by atoms with Gasteiger partial charge >= 0.3 is 26.2 Å². The van der Waals surface area contributed by atoms with Crippen LogP contribution in [-0.4, -0.2) is 16.1 Å². The third kappa shape index (κ3) is 8.39. The Morgan fingerprint density at radius 2 is 1.38 bits per heavy atom. The Labute approximate surface area is 196 Å². The smallest absolute Gasteiger partial charge is 1.00 e. The van der Waals surface area contributed by atoms with Crippen LogP contribution in [0.5, 0.6) is 0 Å². The number of rotatable bonds is 2. The molecule has 0 amide bonds. The fraction of sp³-hybridized carbons (Fsp3) is 0.571. The summed E-state index contributed by atoms with van der Waals surface area (Å²) >= 11 is 0. The third-order valence-electron chi connectivity index (χ3n) is 5.05. The van der Waals surface area contributed by atoms with E-state index in [1.54, 1.807) is 10.4 Å². The molecule has 0 nitrogen and oxygen atoms in total. The summed E-state index contributed by atoms with van der Waals surface area (Å²) in [6.45, 7) is 25.4. The summed E-state index contributed by atoms with van der Waals surface area (Å²) in [4.78, 5) is 0. The SMILES string of the molecule is CC1=[C-]C(C)(C)C(C)=C1C.C[Si](C)(C)c1cc[c-]([Si](C)(C)C)c1.[Cl-].[Cl-].[Zr+4]. The molecule has 0 atom stereocenters. The molecule has 0 spiro atoms. The van der Waals surface area contributed by atoms with Gasteiger partial charge in [0.1, 0.15) is 0 Å². The Kier molecular flexibility index (Phi) is 13.4. The van der Waals surface area contributed by atoms with Gasteiger partial charge in [0.05, 0.1) is 0 Å². The van der Waals surface area contributed by atoms with Crippen molar-refractivity contribution in [3.63, 3.8) is 0 Å². The molecule has 0 fully saturated rings. The van der Waals surface area contributed by atoms with E-state index >= 15 is 0 Å². The van der Waals surface area contributed by atoms with Crippen LogP contribution in [0.2, 0.25) is 39.3 Å². The fourth-order valence-electron chi connectivity index (χ4n) is 2.78. The van der Waals surface area contributed by atoms with Gasteiger partial charge in [-0.25, -0.2) is 16.8 Å². The Bertz CT molecular complexity index is 599. The molecule has 1 aliphatic carbocycles. The first-order valence-corrected chi connectivity index (χ1v) is 15.7. The maximum absolute atomic E-state index is 3.44. The minimum absolute atomic E-state index is 0. The van der Waals surface area contributed by atoms with Gasteiger partial charge in [0.15, 0.2) is 0 Å². The van der Waals surface area contributed by atoms with E-state index in [9.17, 15) is 0 Å². The second kappa shape index (κ2) is 11.1. The van der Waals surface area contributed by atoms with Crippen molar-refractivity contribution in [1.82, 2.24) is 0 Å². The molecule has 1 aromatic carbocycles. The molecule has 0 saturated carbocycles. The average molecular weight is 507 g/mol. The van der Waals surface area contributed by atoms with Gasteiger partial charge in [0.2, 0.25) is 0 Å². The van der Waals surface area contributed by atoms with Crippen molar-refractivity contribution in [2.45, 2.75) is 73.9 Å². The van der Waals surface area contributed by atoms with Crippen molar-refractivity contribution in [2.24, 2.45) is 5.41 Å². The predicted molar refractivity (Wildman–Crippen MR) is 113 cm³/mol. The second-order valence-electron chi connectivity index (χ2n) is 9.51. The molecular formula is C21H36Cl2Si2Zr. The van der Waals surface area contributed by atoms with E-state index in [-0.39, 0.29) is 56.4 Å². The van der Waals surface area contributed by atoms with Gasteiger partial charge in [-0.2, -0.15) is 28.5 Å². The van der Waals surface area contributed by atoms with E-state index in [4.69, 9.17) is 0 Å². The Hall–Kier alpha value is 0.727. The minimum Gasteiger partial charge on any atom is -1.00 e. The Morgan fingerprint density at radius 3 is 1.54 bits per heavy atom. The van der Waals surface area contributed by atoms with Crippen LogP contribution >= 0.6 is 0 Å². The Balaban J connectivity index is -0.000000374. The number of halogens is 2. The van der Waals surface area contributed by atoms with Crippen molar-refractivity contribution in [3.05, 3.63) is 41.0 Å². The molecule has 2 rings (SSSR count). The molecule has 0 radical (unpaired) electrons. The van der Waals surface area contributed by atoms with Crippen molar-refractivity contribution in [2.75, 3.05) is 0 Å². The van der Waals surface area contributed by atoms with Gasteiger partial charge in [-0.1, -0.05) is 72.4 Å². The summed E-state index contributed by atoms with van der Waals surface area (Å²) in [5.41, 5.74) is 4.39. The third-order valence-corrected chi connectivity index (χ3v) is 9.13. The van der Waals surface area contributed by atoms with Crippen LogP contribution in [0, 0.1) is 11.5 Å². The molecule has 5 heteroatoms. The number of allylic oxidation sites excluding steroid dienone is 4. The molecule has 1 aromatic rings. The average Bonchev–Trinajstić information content (AvgIpc) is 2.91. The van der Waals surface area contributed by atoms with E-state index in [2.05, 4.69) is 98.2 Å². The molecule has 0 N–H and O–H groups in total. The number of hydrogen-bond donors (Lipinski definition) is 0. The van der Waals surface area contributed by atoms with E-state index in [1.807, 2.05) is 0 Å². The molecule has 1 aliphatic rings. The van der Waals surface area contributed by atoms with Gasteiger partial charge in [0, 0.05) is 16.1 Å². The summed E-state index contributed by atoms with van der Waals surface area (Å²) in [6.07, 6.45) is 3.44. The topological polar surface area (TPSA) is 0 Å². The maximum Gasteiger partial charge on any atom is 4.00 e. The predicted octanol–water partition coefficient (Wildman–Crippen LogP) is -0.387. The molecule has 0 aromatic heterocycles. The quantitative estimate of drug-likeness (QED) is 0.379. The second-order valence-corrected chi connectivity index (χ2v) is 19.7. The summed E-state index contributed by atoms with van der Waals surface area (Å²) in [5, 5.41) is 3.23. The van der Waals surface area contributed by atoms with Crippen molar-refractivity contribution >= 4 is 26.5 Å². The molecule has 0 bridgehead atoms. The van der Waals surface area contributed by atoms with Gasteiger partial charge in [-0.3, -0.25) is 6.08 Å². The van der Waals surface area contributed by atoms with Crippen molar-refractivity contribution < 1.29 is 51.0 Å². The van der Waals surface area contributed by atoms with Crippen LogP contribution in [0.1, 0.15) is 34.6 Å². The van der Waals surface area contributed by atoms with Gasteiger partial charge < -0.3 is 24.8 Å². The first kappa shape index (κ1) is 31.4. The Morgan fingerprint density at radius 1 is 0.923 bits per heavy atom. The van der Waals surface area contributed by atoms with Crippen LogP contribution in [-0.2, 0) is 26.2 Å². The van der Waals surface area contributed by atoms with Crippen LogP contribution in [0.25, 0.3) is 0 Å². The summed E-state index contributed by atoms with van der Waals surface area (Å²) in [7, 11) is -2.14. The first-order valence-electron chi connectivity index (χ1n) is 8.74. The molecule has 0 heterocycles. The molecule has 26 heavy (non-hydrogen) atoms. The monoisotopic (exact) mass is 504 g/mol. The van der Waals surface area contributed by atoms with Crippen molar-refractivity contribution in [3.8, 4) is 0 Å². The van der Waals surface area contributed by atoms with Crippen LogP contribution in [0.4, 0.5) is 0 Å². The summed E-state index contributed by atoms with van der Waals surface area (Å²) in [6, 6.07) is 7.15. The van der Waals surface area contributed by atoms with Gasteiger partial charge in [0.25, 0.3) is 0 Å². The van der Waals surface area contributed by atoms with Crippen LogP contribution in [0.15, 0.2) is 34.9 Å². The summed E-state index contributed by atoms with van der Waals surface area (Å²) < 4.78 is 0. The fourth-order valence-corrected chi connectivity index (χ4v) is 5.27. The zero-order valence-electron chi connectivity index (χ0n) is 18.5. The van der Waals surface area contributed by atoms with Gasteiger partial charge in [-0.05, 0) is 0 Å². The molecule has 0 saturated heterocycles. The van der Waals surface area contributed by atoms with E-state index in [0.717, 1.165) is 0 Å². The maximum atomic E-state index is 3.44. The molecule has 0 aliphatic heterocycles. The zero-order chi connectivity index (χ0) is 18.2. The van der Waals surface area contributed by atoms with Gasteiger partial charge in [-0.15, -0.1) is 6.92 Å². The first-order chi connectivity index (χ1) is 10.2. The van der Waals surface area contributed by atoms with Crippen LogP contribution < -0.4 is 35.2 Å². The standard InChI is InChI=1S/C11H21Si2.C10H15.2ClH.Zr/c1-12(2,3)10-7-8-11(9-10)13(4,5)6;1-7-6-10(4,5)9(3)8(7)2;;;/h7-9H,1-6H3;1-5H3;2*1H;/q2*-1;;;+4/p-2. The minimum atomic E-state index is -1.07. The zero-order valence-corrected chi connectivity index (χ0v) is 24.5. The molecular weight excluding hydrogens is 471 g/mol. The van der Waals surface area contributed by atoms with E-state index in [0.29, 0.717) is 0 Å². The summed E-state index contributed by atoms with van der Waals surface area (Å²) in [5.74, 6) is 0. The van der Waals surface area contributed by atoms with Crippen LogP contribution in [0.3, 0.4) is 0 Å². The van der Waals surface area contributed by atoms with E-state index < -0.39 is 16.1 Å². The van der Waals surface area contributed by atoms with E-state index in [1.165, 1.54) is 16.7 Å².